The molecule has 0 aliphatic heterocycles. The zero-order valence-electron chi connectivity index (χ0n) is 1.64. The molecule has 0 bridgehead atoms. The van der Waals surface area contributed by atoms with Crippen LogP contribution in [0.5, 0.6) is 0 Å². The topological polar surface area (TPSA) is 0 Å². The first-order chi connectivity index (χ1) is 0. The van der Waals surface area contributed by atoms with E-state index in [1.165, 1.54) is 0 Å². The summed E-state index contributed by atoms with van der Waals surface area (Å²) >= 11 is 0. The van der Waals surface area contributed by atoms with E-state index in [1.807, 2.05) is 0 Å². The molecule has 0 spiro atoms. The summed E-state index contributed by atoms with van der Waals surface area (Å²) in [7, 11) is 0. The van der Waals surface area contributed by atoms with Gasteiger partial charge in [-0.05, 0) is 0 Å². The summed E-state index contributed by atoms with van der Waals surface area (Å²) in [6.45, 7) is 0. The molecule has 0 aromatic rings. The molecule has 0 nitrogen and oxygen atoms in total. The monoisotopic (exact) mass is 312 g/mol. The Kier molecular flexibility index (Phi) is 230. The molecule has 4 heteroatoms. The Morgan fingerprint density at radius 3 is 1.00 bits per heavy atom. The Morgan fingerprint density at radius 2 is 1.00 bits per heavy atom. The van der Waals surface area contributed by atoms with Gasteiger partial charge in [-0.2, -0.15) is 0 Å². The molecule has 0 atom stereocenters. The van der Waals surface area contributed by atoms with Crippen LogP contribution in [-0.4, -0.2) is 8.41 Å². The minimum absolute atomic E-state index is 0. The summed E-state index contributed by atoms with van der Waals surface area (Å²) in [6, 6.07) is 0. The Bertz CT molecular complexity index is 8.00. The Balaban J connectivity index is 0. The van der Waals surface area contributed by atoms with E-state index < -0.39 is 0 Å². The Morgan fingerprint density at radius 1 is 1.00 bits per heavy atom. The van der Waals surface area contributed by atoms with Crippen LogP contribution < -0.4 is 0 Å². The summed E-state index contributed by atoms with van der Waals surface area (Å²) in [5.74, 6) is 0. The number of hydrogen-bond acceptors (Lipinski definition) is 0. The maximum Gasteiger partial charge on any atom is 0 e. The third-order valence-corrected chi connectivity index (χ3v) is 0. The van der Waals surface area contributed by atoms with Gasteiger partial charge in [0.15, 0.2) is 0 Å². The van der Waals surface area contributed by atoms with Gasteiger partial charge in [0.05, 0.1) is 0 Å². The second-order valence-electron chi connectivity index (χ2n) is 0. The van der Waals surface area contributed by atoms with E-state index >= 15 is 0 Å². The van der Waals surface area contributed by atoms with Gasteiger partial charge in [0.2, 0.25) is 0 Å². The second-order valence-corrected chi connectivity index (χ2v) is 0. The molecule has 0 aliphatic carbocycles. The predicted molar refractivity (Wildman–Crippen MR) is 5.75 cm³/mol. The van der Waals surface area contributed by atoms with Crippen LogP contribution in [0.1, 0.15) is 0 Å². The van der Waals surface area contributed by atoms with E-state index in [9.17, 15) is 0 Å². The maximum atomic E-state index is 0. The average Bonchev–Trinajstić information content (AvgIpc) is 0. The number of hydrogen-bond donors (Lipinski definition) is 0. The molecule has 0 fully saturated rings. The van der Waals surface area contributed by atoms with Gasteiger partial charge in [0.25, 0.3) is 0 Å². The quantitative estimate of drug-likeness (QED) is 0.535. The van der Waals surface area contributed by atoms with E-state index in [1.54, 1.807) is 0 Å². The molecule has 0 saturated carbocycles. The van der Waals surface area contributed by atoms with Crippen LogP contribution in [-0.2, 0) is 54.3 Å². The van der Waals surface area contributed by atoms with E-state index in [0.29, 0.717) is 0 Å². The summed E-state index contributed by atoms with van der Waals surface area (Å²) in [4.78, 5) is 0. The van der Waals surface area contributed by atoms with Gasteiger partial charge in [0.1, 0.15) is 0 Å². The molecule has 4 heavy (non-hydrogen) atoms. The molecule has 0 aromatic carbocycles. The van der Waals surface area contributed by atoms with Crippen LogP contribution in [0.25, 0.3) is 0 Å². The average molecular weight is 312 g/mol. The fourth-order valence-electron chi connectivity index (χ4n) is 0. The first-order valence-corrected chi connectivity index (χ1v) is 0. The summed E-state index contributed by atoms with van der Waals surface area (Å²) in [5, 5.41) is 0. The third-order valence-electron chi connectivity index (χ3n) is 0. The molecule has 0 heterocycles. The van der Waals surface area contributed by atoms with Crippen LogP contribution in [0.4, 0.5) is 0 Å². The zero-order valence-corrected chi connectivity index (χ0v) is 6.60. The van der Waals surface area contributed by atoms with Crippen molar-refractivity contribution in [2.75, 3.05) is 0 Å². The minimum atomic E-state index is 0. The number of rotatable bonds is 0. The van der Waals surface area contributed by atoms with Crippen molar-refractivity contribution >= 4 is 8.41 Å². The smallest absolute Gasteiger partial charge is 0 e. The van der Waals surface area contributed by atoms with Crippen molar-refractivity contribution in [1.82, 2.24) is 0 Å². The predicted octanol–water partition coefficient (Wildman–Crippen LogP) is -0.388. The molecule has 0 aromatic heterocycles. The minimum Gasteiger partial charge on any atom is 0 e. The van der Waals surface area contributed by atoms with Crippen molar-refractivity contribution in [2.45, 2.75) is 0 Å². The molecule has 28 valence electrons. The van der Waals surface area contributed by atoms with Crippen molar-refractivity contribution in [1.29, 1.82) is 0 Å². The van der Waals surface area contributed by atoms with Gasteiger partial charge in [-0.25, -0.2) is 0 Å². The molecular formula is BCoNiW. The van der Waals surface area contributed by atoms with E-state index in [0.717, 1.165) is 0 Å². The van der Waals surface area contributed by atoms with Gasteiger partial charge < -0.3 is 0 Å². The zero-order chi connectivity index (χ0) is 0. The SMILES string of the molecule is [B].[Co].[Ni].[W]. The summed E-state index contributed by atoms with van der Waals surface area (Å²) in [6.07, 6.45) is 0. The van der Waals surface area contributed by atoms with E-state index in [2.05, 4.69) is 0 Å². The molecule has 0 aliphatic rings. The van der Waals surface area contributed by atoms with Gasteiger partial charge in [0, 0.05) is 62.7 Å². The van der Waals surface area contributed by atoms with Crippen LogP contribution in [0.15, 0.2) is 0 Å². The van der Waals surface area contributed by atoms with Crippen molar-refractivity contribution < 1.29 is 54.3 Å². The Labute approximate surface area is 62.4 Å². The molecule has 0 amide bonds. The summed E-state index contributed by atoms with van der Waals surface area (Å²) < 4.78 is 0. The maximum absolute atomic E-state index is 0. The van der Waals surface area contributed by atoms with E-state index in [-0.39, 0.29) is 62.7 Å². The van der Waals surface area contributed by atoms with Crippen molar-refractivity contribution in [3.8, 4) is 0 Å². The molecule has 0 unspecified atom stereocenters. The van der Waals surface area contributed by atoms with E-state index in [4.69, 9.17) is 0 Å². The fraction of sp³-hybridized carbons (Fsp3) is 0. The molecule has 0 N–H and O–H groups in total. The normalized spacial score (nSPS) is 0. The first-order valence-electron chi connectivity index (χ1n) is 0. The molecule has 4 radical (unpaired) electrons. The largest absolute Gasteiger partial charge is 0 e. The van der Waals surface area contributed by atoms with Crippen molar-refractivity contribution in [2.24, 2.45) is 0 Å². The van der Waals surface area contributed by atoms with Gasteiger partial charge in [-0.15, -0.1) is 0 Å². The van der Waals surface area contributed by atoms with Crippen molar-refractivity contribution in [3.05, 3.63) is 0 Å². The van der Waals surface area contributed by atoms with Gasteiger partial charge in [-0.3, -0.25) is 0 Å². The van der Waals surface area contributed by atoms with Gasteiger partial charge in [-0.1, -0.05) is 0 Å². The molecule has 0 rings (SSSR count). The summed E-state index contributed by atoms with van der Waals surface area (Å²) in [5.41, 5.74) is 0. The van der Waals surface area contributed by atoms with Crippen molar-refractivity contribution in [3.63, 3.8) is 0 Å². The van der Waals surface area contributed by atoms with Gasteiger partial charge >= 0.3 is 0 Å². The first kappa shape index (κ1) is 42.3. The van der Waals surface area contributed by atoms with Crippen LogP contribution in [0.3, 0.4) is 0 Å². The third kappa shape index (κ3) is 9.26. The standard InChI is InChI=1S/B.Co.Ni.W. The molecule has 0 saturated heterocycles. The Hall–Kier alpha value is 1.75. The molecular weight excluding hydrogens is 312 g/mol. The van der Waals surface area contributed by atoms with Crippen LogP contribution >= 0.6 is 0 Å². The second kappa shape index (κ2) is 21.8. The van der Waals surface area contributed by atoms with Crippen LogP contribution in [0, 0.1) is 0 Å². The van der Waals surface area contributed by atoms with Crippen LogP contribution in [0.2, 0.25) is 0 Å². The fourth-order valence-corrected chi connectivity index (χ4v) is 0.